The highest BCUT2D eigenvalue weighted by Gasteiger charge is 2.14. The van der Waals surface area contributed by atoms with E-state index in [1.807, 2.05) is 0 Å². The largest absolute Gasteiger partial charge is 0.311 e. The molecule has 0 saturated carbocycles. The first kappa shape index (κ1) is 13.3. The smallest absolute Gasteiger partial charge is 0.256 e. The van der Waals surface area contributed by atoms with Gasteiger partial charge in [0, 0.05) is 18.7 Å². The van der Waals surface area contributed by atoms with Crippen molar-refractivity contribution in [1.82, 2.24) is 14.9 Å². The van der Waals surface area contributed by atoms with E-state index in [1.54, 1.807) is 10.9 Å². The summed E-state index contributed by atoms with van der Waals surface area (Å²) in [5.74, 6) is 0. The van der Waals surface area contributed by atoms with Gasteiger partial charge in [0.2, 0.25) is 0 Å². The van der Waals surface area contributed by atoms with Gasteiger partial charge in [0.05, 0.1) is 12.0 Å². The molecule has 0 bridgehead atoms. The van der Waals surface area contributed by atoms with Crippen molar-refractivity contribution in [3.05, 3.63) is 27.9 Å². The fourth-order valence-electron chi connectivity index (χ4n) is 2.44. The number of nitrogens with zero attached hydrogens (tertiary/aromatic N) is 2. The van der Waals surface area contributed by atoms with Gasteiger partial charge in [-0.2, -0.15) is 0 Å². The van der Waals surface area contributed by atoms with E-state index in [4.69, 9.17) is 0 Å². The van der Waals surface area contributed by atoms with E-state index >= 15 is 0 Å². The van der Waals surface area contributed by atoms with Gasteiger partial charge >= 0.3 is 0 Å². The van der Waals surface area contributed by atoms with Gasteiger partial charge in [-0.25, -0.2) is 4.98 Å². The van der Waals surface area contributed by atoms with Crippen LogP contribution >= 0.6 is 0 Å². The minimum Gasteiger partial charge on any atom is -0.311 e. The van der Waals surface area contributed by atoms with E-state index in [9.17, 15) is 4.79 Å². The maximum Gasteiger partial charge on any atom is 0.256 e. The van der Waals surface area contributed by atoms with Crippen LogP contribution < -0.4 is 10.9 Å². The Morgan fingerprint density at radius 1 is 1.33 bits per heavy atom. The molecule has 1 aliphatic heterocycles. The standard InChI is InChI=1S/C14H23N3O/c1-2-3-4-5-6-9-17-11-16-13-10-15-8-7-12(13)14(17)18/h11,15H,2-10H2,1H3. The van der Waals surface area contributed by atoms with E-state index < -0.39 is 0 Å². The average molecular weight is 249 g/mol. The average Bonchev–Trinajstić information content (AvgIpc) is 2.41. The van der Waals surface area contributed by atoms with Crippen molar-refractivity contribution >= 4 is 0 Å². The van der Waals surface area contributed by atoms with Crippen LogP contribution in [0.2, 0.25) is 0 Å². The molecule has 0 radical (unpaired) electrons. The van der Waals surface area contributed by atoms with Crippen LogP contribution in [0.4, 0.5) is 0 Å². The predicted molar refractivity (Wildman–Crippen MR) is 72.7 cm³/mol. The second-order valence-electron chi connectivity index (χ2n) is 5.01. The van der Waals surface area contributed by atoms with Crippen LogP contribution in [0.3, 0.4) is 0 Å². The van der Waals surface area contributed by atoms with Crippen molar-refractivity contribution < 1.29 is 0 Å². The Labute approximate surface area is 108 Å². The van der Waals surface area contributed by atoms with Gasteiger partial charge in [0.25, 0.3) is 5.56 Å². The molecule has 0 amide bonds. The molecule has 0 saturated heterocycles. The van der Waals surface area contributed by atoms with Gasteiger partial charge in [-0.3, -0.25) is 9.36 Å². The maximum atomic E-state index is 12.2. The normalized spacial score (nSPS) is 14.5. The molecular formula is C14H23N3O. The van der Waals surface area contributed by atoms with Crippen molar-refractivity contribution in [3.8, 4) is 0 Å². The first-order chi connectivity index (χ1) is 8.83. The number of fused-ring (bicyclic) bond motifs is 1. The summed E-state index contributed by atoms with van der Waals surface area (Å²) >= 11 is 0. The monoisotopic (exact) mass is 249 g/mol. The minimum atomic E-state index is 0.178. The lowest BCUT2D eigenvalue weighted by Crippen LogP contribution is -2.34. The van der Waals surface area contributed by atoms with Gasteiger partial charge in [0.15, 0.2) is 0 Å². The van der Waals surface area contributed by atoms with E-state index in [-0.39, 0.29) is 5.56 Å². The van der Waals surface area contributed by atoms with E-state index in [2.05, 4.69) is 17.2 Å². The Morgan fingerprint density at radius 2 is 2.17 bits per heavy atom. The van der Waals surface area contributed by atoms with E-state index in [0.717, 1.165) is 43.7 Å². The van der Waals surface area contributed by atoms with Gasteiger partial charge in [-0.1, -0.05) is 32.6 Å². The second-order valence-corrected chi connectivity index (χ2v) is 5.01. The van der Waals surface area contributed by atoms with Gasteiger partial charge < -0.3 is 5.32 Å². The third kappa shape index (κ3) is 3.19. The Kier molecular flexibility index (Phi) is 4.93. The summed E-state index contributed by atoms with van der Waals surface area (Å²) in [5, 5.41) is 3.24. The molecule has 1 N–H and O–H groups in total. The molecule has 0 unspecified atom stereocenters. The van der Waals surface area contributed by atoms with Crippen LogP contribution in [0.5, 0.6) is 0 Å². The van der Waals surface area contributed by atoms with Crippen LogP contribution in [0.1, 0.15) is 50.3 Å². The van der Waals surface area contributed by atoms with Crippen LogP contribution in [0.25, 0.3) is 0 Å². The van der Waals surface area contributed by atoms with Crippen molar-refractivity contribution in [3.63, 3.8) is 0 Å². The molecular weight excluding hydrogens is 226 g/mol. The van der Waals surface area contributed by atoms with Crippen molar-refractivity contribution in [2.24, 2.45) is 0 Å². The topological polar surface area (TPSA) is 46.9 Å². The fourth-order valence-corrected chi connectivity index (χ4v) is 2.44. The van der Waals surface area contributed by atoms with Gasteiger partial charge in [0.1, 0.15) is 0 Å². The number of aromatic nitrogens is 2. The van der Waals surface area contributed by atoms with Crippen molar-refractivity contribution in [2.75, 3.05) is 6.54 Å². The lowest BCUT2D eigenvalue weighted by atomic mass is 10.1. The van der Waals surface area contributed by atoms with Gasteiger partial charge in [-0.05, 0) is 19.4 Å². The number of nitrogens with one attached hydrogen (secondary N) is 1. The van der Waals surface area contributed by atoms with Crippen LogP contribution in [0, 0.1) is 0 Å². The molecule has 1 aromatic rings. The highest BCUT2D eigenvalue weighted by Crippen LogP contribution is 2.07. The lowest BCUT2D eigenvalue weighted by molar-refractivity contribution is 0.535. The zero-order chi connectivity index (χ0) is 12.8. The lowest BCUT2D eigenvalue weighted by Gasteiger charge is -2.16. The predicted octanol–water partition coefficient (Wildman–Crippen LogP) is 1.86. The van der Waals surface area contributed by atoms with E-state index in [1.165, 1.54) is 25.7 Å². The summed E-state index contributed by atoms with van der Waals surface area (Å²) in [6.45, 7) is 4.66. The molecule has 1 aliphatic rings. The first-order valence-corrected chi connectivity index (χ1v) is 7.11. The summed E-state index contributed by atoms with van der Waals surface area (Å²) < 4.78 is 1.79. The molecule has 1 aromatic heterocycles. The number of rotatable bonds is 6. The zero-order valence-corrected chi connectivity index (χ0v) is 11.2. The maximum absolute atomic E-state index is 12.2. The number of hydrogen-bond acceptors (Lipinski definition) is 3. The Hall–Kier alpha value is -1.16. The van der Waals surface area contributed by atoms with Gasteiger partial charge in [-0.15, -0.1) is 0 Å². The molecule has 18 heavy (non-hydrogen) atoms. The molecule has 0 fully saturated rings. The first-order valence-electron chi connectivity index (χ1n) is 7.11. The summed E-state index contributed by atoms with van der Waals surface area (Å²) in [4.78, 5) is 16.6. The Balaban J connectivity index is 1.95. The number of aryl methyl sites for hydroxylation is 1. The summed E-state index contributed by atoms with van der Waals surface area (Å²) in [6, 6.07) is 0. The Bertz CT molecular complexity index is 439. The highest BCUT2D eigenvalue weighted by atomic mass is 16.1. The van der Waals surface area contributed by atoms with Crippen LogP contribution in [-0.4, -0.2) is 16.1 Å². The van der Waals surface area contributed by atoms with E-state index in [0.29, 0.717) is 0 Å². The summed E-state index contributed by atoms with van der Waals surface area (Å²) in [5.41, 5.74) is 2.04. The third-order valence-corrected chi connectivity index (χ3v) is 3.57. The molecule has 4 nitrogen and oxygen atoms in total. The number of hydrogen-bond donors (Lipinski definition) is 1. The van der Waals surface area contributed by atoms with Crippen LogP contribution in [0.15, 0.2) is 11.1 Å². The SMILES string of the molecule is CCCCCCCn1cnc2c(c1=O)CCNC2. The quantitative estimate of drug-likeness (QED) is 0.783. The Morgan fingerprint density at radius 3 is 3.00 bits per heavy atom. The van der Waals surface area contributed by atoms with Crippen LogP contribution in [-0.2, 0) is 19.5 Å². The second kappa shape index (κ2) is 6.69. The fraction of sp³-hybridized carbons (Fsp3) is 0.714. The molecule has 0 atom stereocenters. The minimum absolute atomic E-state index is 0.178. The molecule has 0 spiro atoms. The highest BCUT2D eigenvalue weighted by molar-refractivity contribution is 5.19. The van der Waals surface area contributed by atoms with Crippen molar-refractivity contribution in [1.29, 1.82) is 0 Å². The molecule has 2 heterocycles. The molecule has 0 aromatic carbocycles. The molecule has 4 heteroatoms. The molecule has 2 rings (SSSR count). The summed E-state index contributed by atoms with van der Waals surface area (Å²) in [7, 11) is 0. The van der Waals surface area contributed by atoms with Crippen molar-refractivity contribution in [2.45, 2.75) is 58.5 Å². The zero-order valence-electron chi connectivity index (χ0n) is 11.2. The third-order valence-electron chi connectivity index (χ3n) is 3.57. The summed E-state index contributed by atoms with van der Waals surface area (Å²) in [6.07, 6.45) is 8.65. The molecule has 0 aliphatic carbocycles. The molecule has 100 valence electrons. The number of unbranched alkanes of at least 4 members (excludes halogenated alkanes) is 4.